The van der Waals surface area contributed by atoms with Gasteiger partial charge in [-0.05, 0) is 24.3 Å². The van der Waals surface area contributed by atoms with Crippen LogP contribution in [0.25, 0.3) is 10.2 Å². The van der Waals surface area contributed by atoms with Gasteiger partial charge in [0.05, 0.1) is 5.69 Å². The smallest absolute Gasteiger partial charge is 0.267 e. The molecule has 3 heterocycles. The van der Waals surface area contributed by atoms with E-state index in [-0.39, 0.29) is 5.91 Å². The molecule has 6 nitrogen and oxygen atoms in total. The minimum Gasteiger partial charge on any atom is -0.486 e. The van der Waals surface area contributed by atoms with Crippen molar-refractivity contribution >= 4 is 38.8 Å². The van der Waals surface area contributed by atoms with Gasteiger partial charge in [0.2, 0.25) is 0 Å². The predicted molar refractivity (Wildman–Crippen MR) is 89.4 cm³/mol. The van der Waals surface area contributed by atoms with Gasteiger partial charge in [0.1, 0.15) is 22.9 Å². The van der Waals surface area contributed by atoms with E-state index in [0.29, 0.717) is 41.0 Å². The molecule has 3 aromatic rings. The van der Waals surface area contributed by atoms with Crippen LogP contribution in [0.4, 0.5) is 11.4 Å². The highest BCUT2D eigenvalue weighted by atomic mass is 32.1. The van der Waals surface area contributed by atoms with Crippen molar-refractivity contribution in [2.45, 2.75) is 0 Å². The maximum Gasteiger partial charge on any atom is 0.267 e. The lowest BCUT2D eigenvalue weighted by molar-refractivity contribution is 0.103. The summed E-state index contributed by atoms with van der Waals surface area (Å²) >= 11 is 1.28. The number of hydrogen-bond donors (Lipinski definition) is 2. The Labute approximate surface area is 135 Å². The fourth-order valence-electron chi connectivity index (χ4n) is 2.43. The van der Waals surface area contributed by atoms with Crippen molar-refractivity contribution < 1.29 is 14.3 Å². The molecule has 0 spiro atoms. The Hall–Kier alpha value is -2.80. The van der Waals surface area contributed by atoms with Crippen molar-refractivity contribution in [3.63, 3.8) is 0 Å². The molecule has 1 aromatic carbocycles. The standard InChI is InChI=1S/C16H13N3O3S/c17-13-10-2-1-5-18-16(10)23-14(13)15(20)19-9-3-4-11-12(8-9)22-7-6-21-11/h1-5,8H,6-7,17H2,(H,19,20). The lowest BCUT2D eigenvalue weighted by Gasteiger charge is -2.18. The Bertz CT molecular complexity index is 907. The summed E-state index contributed by atoms with van der Waals surface area (Å²) in [4.78, 5) is 17.9. The summed E-state index contributed by atoms with van der Waals surface area (Å²) in [5.41, 5.74) is 7.15. The maximum absolute atomic E-state index is 12.5. The van der Waals surface area contributed by atoms with Gasteiger partial charge in [-0.3, -0.25) is 4.79 Å². The Balaban J connectivity index is 1.63. The summed E-state index contributed by atoms with van der Waals surface area (Å²) in [7, 11) is 0. The topological polar surface area (TPSA) is 86.5 Å². The number of carbonyl (C=O) groups excluding carboxylic acids is 1. The number of ether oxygens (including phenoxy) is 2. The van der Waals surface area contributed by atoms with Crippen molar-refractivity contribution in [1.82, 2.24) is 4.98 Å². The minimum atomic E-state index is -0.262. The Morgan fingerprint density at radius 3 is 2.87 bits per heavy atom. The van der Waals surface area contributed by atoms with Gasteiger partial charge in [0, 0.05) is 23.3 Å². The van der Waals surface area contributed by atoms with E-state index in [1.807, 2.05) is 6.07 Å². The van der Waals surface area contributed by atoms with Crippen molar-refractivity contribution in [2.75, 3.05) is 24.3 Å². The Morgan fingerprint density at radius 1 is 1.22 bits per heavy atom. The van der Waals surface area contributed by atoms with Gasteiger partial charge >= 0.3 is 0 Å². The van der Waals surface area contributed by atoms with E-state index >= 15 is 0 Å². The van der Waals surface area contributed by atoms with E-state index in [4.69, 9.17) is 15.2 Å². The van der Waals surface area contributed by atoms with Crippen LogP contribution in [0.2, 0.25) is 0 Å². The molecule has 1 aliphatic rings. The first-order chi connectivity index (χ1) is 11.2. The van der Waals surface area contributed by atoms with Crippen molar-refractivity contribution in [3.8, 4) is 11.5 Å². The molecule has 2 aromatic heterocycles. The lowest BCUT2D eigenvalue weighted by atomic mass is 10.2. The Morgan fingerprint density at radius 2 is 2.04 bits per heavy atom. The molecule has 4 rings (SSSR count). The second-order valence-corrected chi connectivity index (χ2v) is 6.01. The molecule has 0 atom stereocenters. The second-order valence-electron chi connectivity index (χ2n) is 5.01. The number of aromatic nitrogens is 1. The minimum absolute atomic E-state index is 0.262. The van der Waals surface area contributed by atoms with E-state index < -0.39 is 0 Å². The van der Waals surface area contributed by atoms with Crippen LogP contribution in [0.3, 0.4) is 0 Å². The van der Waals surface area contributed by atoms with Gasteiger partial charge < -0.3 is 20.5 Å². The normalized spacial score (nSPS) is 13.0. The molecule has 23 heavy (non-hydrogen) atoms. The molecular weight excluding hydrogens is 314 g/mol. The molecule has 0 saturated heterocycles. The van der Waals surface area contributed by atoms with Crippen LogP contribution in [-0.2, 0) is 0 Å². The SMILES string of the molecule is Nc1c(C(=O)Nc2ccc3c(c2)OCCO3)sc2ncccc12. The molecule has 1 amide bonds. The molecule has 116 valence electrons. The highest BCUT2D eigenvalue weighted by Gasteiger charge is 2.18. The van der Waals surface area contributed by atoms with E-state index in [1.165, 1.54) is 11.3 Å². The van der Waals surface area contributed by atoms with E-state index in [1.54, 1.807) is 30.5 Å². The monoisotopic (exact) mass is 327 g/mol. The van der Waals surface area contributed by atoms with Crippen molar-refractivity contribution in [3.05, 3.63) is 41.4 Å². The molecular formula is C16H13N3O3S. The summed E-state index contributed by atoms with van der Waals surface area (Å²) in [5.74, 6) is 1.04. The average Bonchev–Trinajstić information content (AvgIpc) is 2.92. The predicted octanol–water partition coefficient (Wildman–Crippen LogP) is 2.90. The number of hydrogen-bond acceptors (Lipinski definition) is 6. The number of thiophene rings is 1. The first-order valence-corrected chi connectivity index (χ1v) is 7.88. The summed E-state index contributed by atoms with van der Waals surface area (Å²) in [6, 6.07) is 8.95. The van der Waals surface area contributed by atoms with Crippen LogP contribution >= 0.6 is 11.3 Å². The lowest BCUT2D eigenvalue weighted by Crippen LogP contribution is -2.16. The molecule has 0 radical (unpaired) electrons. The third kappa shape index (κ3) is 2.44. The quantitative estimate of drug-likeness (QED) is 0.756. The third-order valence-electron chi connectivity index (χ3n) is 3.51. The van der Waals surface area contributed by atoms with Crippen LogP contribution < -0.4 is 20.5 Å². The number of nitrogens with two attached hydrogens (primary N) is 1. The number of nitrogen functional groups attached to an aromatic ring is 1. The molecule has 0 fully saturated rings. The fourth-order valence-corrected chi connectivity index (χ4v) is 3.39. The number of fused-ring (bicyclic) bond motifs is 2. The molecule has 0 bridgehead atoms. The number of nitrogens with zero attached hydrogens (tertiary/aromatic N) is 1. The zero-order valence-electron chi connectivity index (χ0n) is 12.0. The molecule has 1 aliphatic heterocycles. The molecule has 7 heteroatoms. The van der Waals surface area contributed by atoms with Gasteiger partial charge in [0.15, 0.2) is 11.5 Å². The zero-order chi connectivity index (χ0) is 15.8. The number of carbonyl (C=O) groups is 1. The number of amides is 1. The maximum atomic E-state index is 12.5. The van der Waals surface area contributed by atoms with E-state index in [0.717, 1.165) is 10.2 Å². The number of pyridine rings is 1. The van der Waals surface area contributed by atoms with E-state index in [9.17, 15) is 4.79 Å². The van der Waals surface area contributed by atoms with Gasteiger partial charge in [-0.2, -0.15) is 0 Å². The summed E-state index contributed by atoms with van der Waals surface area (Å²) < 4.78 is 11.0. The molecule has 3 N–H and O–H groups in total. The van der Waals surface area contributed by atoms with Gasteiger partial charge in [0.25, 0.3) is 5.91 Å². The largest absolute Gasteiger partial charge is 0.486 e. The van der Waals surface area contributed by atoms with Crippen LogP contribution in [0, 0.1) is 0 Å². The van der Waals surface area contributed by atoms with Crippen LogP contribution in [0.5, 0.6) is 11.5 Å². The first-order valence-electron chi connectivity index (χ1n) is 7.06. The van der Waals surface area contributed by atoms with Gasteiger partial charge in [-0.15, -0.1) is 11.3 Å². The first kappa shape index (κ1) is 13.8. The van der Waals surface area contributed by atoms with Crippen LogP contribution in [-0.4, -0.2) is 24.1 Å². The third-order valence-corrected chi connectivity index (χ3v) is 4.64. The molecule has 0 aliphatic carbocycles. The highest BCUT2D eigenvalue weighted by molar-refractivity contribution is 7.21. The summed E-state index contributed by atoms with van der Waals surface area (Å²) in [5, 5.41) is 3.63. The Kier molecular flexibility index (Phi) is 3.27. The summed E-state index contributed by atoms with van der Waals surface area (Å²) in [6.45, 7) is 1.03. The number of nitrogens with one attached hydrogen (secondary N) is 1. The van der Waals surface area contributed by atoms with Crippen LogP contribution in [0.15, 0.2) is 36.5 Å². The van der Waals surface area contributed by atoms with Crippen LogP contribution in [0.1, 0.15) is 9.67 Å². The molecule has 0 unspecified atom stereocenters. The second kappa shape index (κ2) is 5.44. The highest BCUT2D eigenvalue weighted by Crippen LogP contribution is 2.35. The zero-order valence-corrected chi connectivity index (χ0v) is 12.9. The number of rotatable bonds is 2. The van der Waals surface area contributed by atoms with Crippen molar-refractivity contribution in [2.24, 2.45) is 0 Å². The summed E-state index contributed by atoms with van der Waals surface area (Å²) in [6.07, 6.45) is 1.68. The number of anilines is 2. The number of benzene rings is 1. The van der Waals surface area contributed by atoms with Gasteiger partial charge in [-0.25, -0.2) is 4.98 Å². The van der Waals surface area contributed by atoms with Gasteiger partial charge in [-0.1, -0.05) is 0 Å². The van der Waals surface area contributed by atoms with E-state index in [2.05, 4.69) is 10.3 Å². The molecule has 0 saturated carbocycles. The fraction of sp³-hybridized carbons (Fsp3) is 0.125. The average molecular weight is 327 g/mol. The van der Waals surface area contributed by atoms with Crippen molar-refractivity contribution in [1.29, 1.82) is 0 Å².